The van der Waals surface area contributed by atoms with Crippen molar-refractivity contribution in [2.75, 3.05) is 18.0 Å². The Labute approximate surface area is 95.5 Å². The lowest BCUT2D eigenvalue weighted by atomic mass is 9.97. The molecule has 1 aromatic heterocycles. The van der Waals surface area contributed by atoms with Crippen molar-refractivity contribution in [1.82, 2.24) is 9.97 Å². The second-order valence-electron chi connectivity index (χ2n) is 4.10. The minimum atomic E-state index is -4.18. The highest BCUT2D eigenvalue weighted by atomic mass is 19.4. The molecular formula is C10H12F3N3O. The molecule has 2 rings (SSSR count). The highest BCUT2D eigenvalue weighted by Gasteiger charge is 2.42. The third-order valence-electron chi connectivity index (χ3n) is 2.87. The Bertz CT molecular complexity index is 443. The molecule has 0 aliphatic carbocycles. The number of nitrogens with zero attached hydrogens (tertiary/aromatic N) is 2. The van der Waals surface area contributed by atoms with Crippen molar-refractivity contribution in [2.24, 2.45) is 5.92 Å². The first-order chi connectivity index (χ1) is 7.97. The predicted octanol–water partition coefficient (Wildman–Crippen LogP) is 1.55. The van der Waals surface area contributed by atoms with E-state index in [1.165, 1.54) is 17.3 Å². The lowest BCUT2D eigenvalue weighted by Crippen LogP contribution is -2.42. The number of anilines is 1. The molecule has 4 nitrogen and oxygen atoms in total. The lowest BCUT2D eigenvalue weighted by molar-refractivity contribution is -0.176. The molecule has 1 aliphatic heterocycles. The smallest absolute Gasteiger partial charge is 0.356 e. The molecular weight excluding hydrogens is 235 g/mol. The molecule has 2 heterocycles. The fraction of sp³-hybridized carbons (Fsp3) is 0.600. The molecule has 1 unspecified atom stereocenters. The molecule has 1 saturated heterocycles. The summed E-state index contributed by atoms with van der Waals surface area (Å²) < 4.78 is 37.8. The van der Waals surface area contributed by atoms with Gasteiger partial charge in [0.05, 0.1) is 12.2 Å². The predicted molar refractivity (Wildman–Crippen MR) is 55.8 cm³/mol. The molecule has 0 radical (unpaired) electrons. The van der Waals surface area contributed by atoms with Gasteiger partial charge in [0.2, 0.25) is 0 Å². The summed E-state index contributed by atoms with van der Waals surface area (Å²) in [6, 6.07) is 1.22. The quantitative estimate of drug-likeness (QED) is 0.819. The van der Waals surface area contributed by atoms with Crippen LogP contribution in [0.2, 0.25) is 0 Å². The highest BCUT2D eigenvalue weighted by Crippen LogP contribution is 2.33. The second kappa shape index (κ2) is 4.38. The van der Waals surface area contributed by atoms with E-state index in [9.17, 15) is 18.0 Å². The van der Waals surface area contributed by atoms with E-state index in [-0.39, 0.29) is 18.5 Å². The number of alkyl halides is 3. The summed E-state index contributed by atoms with van der Waals surface area (Å²) in [6.07, 6.45) is -2.38. The number of nitrogens with one attached hydrogen (secondary N) is 1. The van der Waals surface area contributed by atoms with E-state index in [4.69, 9.17) is 0 Å². The van der Waals surface area contributed by atoms with Gasteiger partial charge in [0, 0.05) is 19.2 Å². The lowest BCUT2D eigenvalue weighted by Gasteiger charge is -2.34. The molecule has 1 fully saturated rings. The first-order valence-corrected chi connectivity index (χ1v) is 5.33. The maximum absolute atomic E-state index is 12.6. The average molecular weight is 247 g/mol. The van der Waals surface area contributed by atoms with Gasteiger partial charge in [-0.25, -0.2) is 4.98 Å². The monoisotopic (exact) mass is 247 g/mol. The van der Waals surface area contributed by atoms with Crippen molar-refractivity contribution in [3.8, 4) is 0 Å². The van der Waals surface area contributed by atoms with Crippen molar-refractivity contribution in [3.05, 3.63) is 22.7 Å². The van der Waals surface area contributed by atoms with Crippen LogP contribution in [0.3, 0.4) is 0 Å². The Hall–Kier alpha value is -1.53. The zero-order valence-corrected chi connectivity index (χ0v) is 9.00. The number of hydrogen-bond acceptors (Lipinski definition) is 3. The van der Waals surface area contributed by atoms with Gasteiger partial charge in [0.15, 0.2) is 0 Å². The normalized spacial score (nSPS) is 21.6. The van der Waals surface area contributed by atoms with E-state index in [0.717, 1.165) is 0 Å². The van der Waals surface area contributed by atoms with Crippen molar-refractivity contribution < 1.29 is 13.2 Å². The molecule has 0 amide bonds. The fourth-order valence-corrected chi connectivity index (χ4v) is 1.98. The number of hydrogen-bond donors (Lipinski definition) is 1. The molecule has 1 aliphatic rings. The van der Waals surface area contributed by atoms with Crippen LogP contribution in [0.5, 0.6) is 0 Å². The Balaban J connectivity index is 2.15. The first-order valence-electron chi connectivity index (χ1n) is 5.33. The fourth-order valence-electron chi connectivity index (χ4n) is 1.98. The van der Waals surface area contributed by atoms with Gasteiger partial charge in [-0.1, -0.05) is 0 Å². The molecule has 0 spiro atoms. The minimum absolute atomic E-state index is 0.125. The van der Waals surface area contributed by atoms with Gasteiger partial charge in [-0.15, -0.1) is 0 Å². The Morgan fingerprint density at radius 1 is 1.47 bits per heavy atom. The first kappa shape index (κ1) is 11.9. The summed E-state index contributed by atoms with van der Waals surface area (Å²) >= 11 is 0. The second-order valence-corrected chi connectivity index (χ2v) is 4.10. The van der Waals surface area contributed by atoms with Gasteiger partial charge in [0.25, 0.3) is 5.56 Å². The maximum Gasteiger partial charge on any atom is 0.393 e. The summed E-state index contributed by atoms with van der Waals surface area (Å²) in [5.74, 6) is -1.03. The minimum Gasteiger partial charge on any atom is -0.356 e. The highest BCUT2D eigenvalue weighted by molar-refractivity contribution is 5.37. The van der Waals surface area contributed by atoms with E-state index in [1.807, 2.05) is 0 Å². The van der Waals surface area contributed by atoms with Crippen molar-refractivity contribution in [1.29, 1.82) is 0 Å². The molecule has 7 heteroatoms. The molecule has 0 bridgehead atoms. The SMILES string of the molecule is O=c1cc(N2CCCC(C(F)(F)F)C2)nc[nH]1. The molecule has 0 saturated carbocycles. The van der Waals surface area contributed by atoms with E-state index >= 15 is 0 Å². The summed E-state index contributed by atoms with van der Waals surface area (Å²) in [7, 11) is 0. The summed E-state index contributed by atoms with van der Waals surface area (Å²) in [5.41, 5.74) is -0.357. The zero-order chi connectivity index (χ0) is 12.5. The number of halogens is 3. The number of rotatable bonds is 1. The topological polar surface area (TPSA) is 49.0 Å². The molecule has 0 aromatic carbocycles. The van der Waals surface area contributed by atoms with Crippen LogP contribution in [-0.4, -0.2) is 29.2 Å². The van der Waals surface area contributed by atoms with Crippen LogP contribution in [0, 0.1) is 5.92 Å². The summed E-state index contributed by atoms with van der Waals surface area (Å²) in [4.78, 5) is 18.8. The van der Waals surface area contributed by atoms with E-state index in [0.29, 0.717) is 18.8 Å². The number of H-pyrrole nitrogens is 1. The van der Waals surface area contributed by atoms with Gasteiger partial charge in [0.1, 0.15) is 5.82 Å². The van der Waals surface area contributed by atoms with Crippen LogP contribution in [0.25, 0.3) is 0 Å². The van der Waals surface area contributed by atoms with Crippen molar-refractivity contribution in [2.45, 2.75) is 19.0 Å². The third-order valence-corrected chi connectivity index (χ3v) is 2.87. The largest absolute Gasteiger partial charge is 0.393 e. The Morgan fingerprint density at radius 3 is 2.88 bits per heavy atom. The molecule has 17 heavy (non-hydrogen) atoms. The maximum atomic E-state index is 12.6. The van der Waals surface area contributed by atoms with E-state index in [1.54, 1.807) is 0 Å². The van der Waals surface area contributed by atoms with Crippen molar-refractivity contribution in [3.63, 3.8) is 0 Å². The standard InChI is InChI=1S/C10H12F3N3O/c11-10(12,13)7-2-1-3-16(5-7)8-4-9(17)15-6-14-8/h4,6-7H,1-3,5H2,(H,14,15,17). The molecule has 1 atom stereocenters. The van der Waals surface area contributed by atoms with Gasteiger partial charge < -0.3 is 9.88 Å². The van der Waals surface area contributed by atoms with Crippen LogP contribution in [0.4, 0.5) is 19.0 Å². The van der Waals surface area contributed by atoms with Crippen LogP contribution in [0.1, 0.15) is 12.8 Å². The number of aromatic nitrogens is 2. The third kappa shape index (κ3) is 2.78. The average Bonchev–Trinajstić information content (AvgIpc) is 2.28. The van der Waals surface area contributed by atoms with Gasteiger partial charge >= 0.3 is 6.18 Å². The summed E-state index contributed by atoms with van der Waals surface area (Å²) in [5, 5.41) is 0. The van der Waals surface area contributed by atoms with Gasteiger partial charge in [-0.3, -0.25) is 4.79 Å². The molecule has 94 valence electrons. The van der Waals surface area contributed by atoms with E-state index < -0.39 is 12.1 Å². The van der Waals surface area contributed by atoms with Gasteiger partial charge in [-0.2, -0.15) is 13.2 Å². The number of aromatic amines is 1. The van der Waals surface area contributed by atoms with E-state index in [2.05, 4.69) is 9.97 Å². The molecule has 1 aromatic rings. The summed E-state index contributed by atoms with van der Waals surface area (Å²) in [6.45, 7) is 0.378. The van der Waals surface area contributed by atoms with Crippen LogP contribution in [0.15, 0.2) is 17.2 Å². The van der Waals surface area contributed by atoms with Crippen LogP contribution < -0.4 is 10.5 Å². The van der Waals surface area contributed by atoms with Crippen LogP contribution in [-0.2, 0) is 0 Å². The van der Waals surface area contributed by atoms with Gasteiger partial charge in [-0.05, 0) is 12.8 Å². The van der Waals surface area contributed by atoms with Crippen LogP contribution >= 0.6 is 0 Å². The Kier molecular flexibility index (Phi) is 3.08. The Morgan fingerprint density at radius 2 is 2.24 bits per heavy atom. The molecule has 1 N–H and O–H groups in total. The zero-order valence-electron chi connectivity index (χ0n) is 9.00. The van der Waals surface area contributed by atoms with Crippen molar-refractivity contribution >= 4 is 5.82 Å². The number of piperidine rings is 1.